The van der Waals surface area contributed by atoms with Gasteiger partial charge >= 0.3 is 11.9 Å². The molecule has 0 aliphatic rings. The number of hydrogen-bond donors (Lipinski definition) is 1. The highest BCUT2D eigenvalue weighted by Gasteiger charge is 2.16. The van der Waals surface area contributed by atoms with Crippen molar-refractivity contribution in [3.05, 3.63) is 35.6 Å². The molecule has 0 atom stereocenters. The lowest BCUT2D eigenvalue weighted by Crippen LogP contribution is -2.10. The van der Waals surface area contributed by atoms with Crippen LogP contribution in [0.1, 0.15) is 26.2 Å². The van der Waals surface area contributed by atoms with Crippen LogP contribution in [0.4, 0.5) is 0 Å². The number of hydrogen-bond acceptors (Lipinski definition) is 5. The molecule has 0 radical (unpaired) electrons. The van der Waals surface area contributed by atoms with Gasteiger partial charge in [-0.25, -0.2) is 9.59 Å². The number of carbonyl (C=O) groups is 2. The number of unbranched alkanes of at least 4 members (excludes halogenated alkanes) is 2. The van der Waals surface area contributed by atoms with Gasteiger partial charge in [0.05, 0.1) is 14.2 Å². The fourth-order valence-corrected chi connectivity index (χ4v) is 1.19. The van der Waals surface area contributed by atoms with Crippen molar-refractivity contribution in [3.63, 3.8) is 0 Å². The Labute approximate surface area is 113 Å². The van der Waals surface area contributed by atoms with E-state index in [2.05, 4.69) is 16.4 Å². The lowest BCUT2D eigenvalue weighted by Gasteiger charge is -2.03. The molecule has 5 heteroatoms. The quantitative estimate of drug-likeness (QED) is 0.252. The van der Waals surface area contributed by atoms with Crippen molar-refractivity contribution in [1.29, 1.82) is 0 Å². The third kappa shape index (κ3) is 7.08. The second-order valence-corrected chi connectivity index (χ2v) is 3.70. The monoisotopic (exact) mass is 268 g/mol. The van der Waals surface area contributed by atoms with E-state index in [-0.39, 0.29) is 11.3 Å². The van der Waals surface area contributed by atoms with Crippen molar-refractivity contribution in [2.45, 2.75) is 26.2 Å². The summed E-state index contributed by atoms with van der Waals surface area (Å²) in [4.78, 5) is 22.5. The topological polar surface area (TPSA) is 72.8 Å². The number of aliphatic hydroxyl groups is 1. The molecule has 0 unspecified atom stereocenters. The highest BCUT2D eigenvalue weighted by Crippen LogP contribution is 2.10. The molecule has 0 heterocycles. The SMILES string of the molecule is CCCC/C=C/C=C(O)/C(=C/C(=O)OC)C(=O)OC. The van der Waals surface area contributed by atoms with Gasteiger partial charge in [0.1, 0.15) is 11.3 Å². The van der Waals surface area contributed by atoms with Crippen molar-refractivity contribution in [3.8, 4) is 0 Å². The molecule has 0 aromatic rings. The summed E-state index contributed by atoms with van der Waals surface area (Å²) < 4.78 is 8.89. The Hall–Kier alpha value is -2.04. The number of esters is 2. The molecule has 0 amide bonds. The summed E-state index contributed by atoms with van der Waals surface area (Å²) in [5, 5.41) is 9.74. The summed E-state index contributed by atoms with van der Waals surface area (Å²) in [5.74, 6) is -1.89. The molecule has 0 saturated carbocycles. The Balaban J connectivity index is 4.91. The molecule has 0 aromatic carbocycles. The first-order chi connectivity index (χ1) is 9.06. The first-order valence-electron chi connectivity index (χ1n) is 6.00. The summed E-state index contributed by atoms with van der Waals surface area (Å²) in [6.45, 7) is 2.08. The average molecular weight is 268 g/mol. The first-order valence-corrected chi connectivity index (χ1v) is 6.00. The van der Waals surface area contributed by atoms with E-state index < -0.39 is 11.9 Å². The second kappa shape index (κ2) is 9.94. The van der Waals surface area contributed by atoms with Gasteiger partial charge in [-0.3, -0.25) is 0 Å². The Bertz CT molecular complexity index is 391. The molecule has 0 aliphatic carbocycles. The smallest absolute Gasteiger partial charge is 0.341 e. The number of allylic oxidation sites excluding steroid dienone is 3. The highest BCUT2D eigenvalue weighted by molar-refractivity contribution is 5.99. The van der Waals surface area contributed by atoms with Crippen LogP contribution in [0.25, 0.3) is 0 Å². The van der Waals surface area contributed by atoms with Crippen LogP contribution in [0.5, 0.6) is 0 Å². The van der Waals surface area contributed by atoms with Gasteiger partial charge < -0.3 is 14.6 Å². The fraction of sp³-hybridized carbons (Fsp3) is 0.429. The summed E-state index contributed by atoms with van der Waals surface area (Å²) >= 11 is 0. The molecular weight excluding hydrogens is 248 g/mol. The third-order valence-electron chi connectivity index (χ3n) is 2.26. The Kier molecular flexibility index (Phi) is 8.87. The van der Waals surface area contributed by atoms with Crippen LogP contribution in [0.3, 0.4) is 0 Å². The molecule has 0 bridgehead atoms. The maximum atomic E-state index is 11.4. The minimum absolute atomic E-state index is 0.241. The zero-order chi connectivity index (χ0) is 14.7. The van der Waals surface area contributed by atoms with Gasteiger partial charge in [-0.1, -0.05) is 31.9 Å². The molecule has 106 valence electrons. The van der Waals surface area contributed by atoms with Gasteiger partial charge in [-0.15, -0.1) is 0 Å². The standard InChI is InChI=1S/C14H20O5/c1-4-5-6-7-8-9-12(15)11(14(17)19-3)10-13(16)18-2/h7-10,15H,4-6H2,1-3H3/b8-7+,11-10-,12-9-. The minimum atomic E-state index is -0.805. The molecule has 0 fully saturated rings. The Morgan fingerprint density at radius 3 is 2.42 bits per heavy atom. The number of carbonyl (C=O) groups excluding carboxylic acids is 2. The zero-order valence-electron chi connectivity index (χ0n) is 11.5. The van der Waals surface area contributed by atoms with Crippen LogP contribution in [0.15, 0.2) is 35.6 Å². The first kappa shape index (κ1) is 17.0. The van der Waals surface area contributed by atoms with E-state index in [4.69, 9.17) is 0 Å². The molecule has 0 aliphatic heterocycles. The number of ether oxygens (including phenoxy) is 2. The van der Waals surface area contributed by atoms with Crippen molar-refractivity contribution < 1.29 is 24.2 Å². The van der Waals surface area contributed by atoms with Crippen molar-refractivity contribution in [2.24, 2.45) is 0 Å². The van der Waals surface area contributed by atoms with Gasteiger partial charge in [-0.2, -0.15) is 0 Å². The summed E-state index contributed by atoms with van der Waals surface area (Å²) in [7, 11) is 2.34. The largest absolute Gasteiger partial charge is 0.507 e. The van der Waals surface area contributed by atoms with Crippen molar-refractivity contribution in [1.82, 2.24) is 0 Å². The second-order valence-electron chi connectivity index (χ2n) is 3.70. The Morgan fingerprint density at radius 2 is 1.89 bits per heavy atom. The normalized spacial score (nSPS) is 12.6. The molecule has 0 saturated heterocycles. The Morgan fingerprint density at radius 1 is 1.21 bits per heavy atom. The summed E-state index contributed by atoms with van der Waals surface area (Å²) in [5.41, 5.74) is -0.241. The van der Waals surface area contributed by atoms with Crippen LogP contribution in [0.2, 0.25) is 0 Å². The van der Waals surface area contributed by atoms with Gasteiger partial charge in [0.25, 0.3) is 0 Å². The van der Waals surface area contributed by atoms with E-state index in [1.807, 2.05) is 6.08 Å². The van der Waals surface area contributed by atoms with Crippen LogP contribution >= 0.6 is 0 Å². The van der Waals surface area contributed by atoms with Crippen LogP contribution < -0.4 is 0 Å². The molecule has 19 heavy (non-hydrogen) atoms. The number of methoxy groups -OCH3 is 2. The summed E-state index contributed by atoms with van der Waals surface area (Å²) in [6.07, 6.45) is 8.72. The predicted molar refractivity (Wildman–Crippen MR) is 71.5 cm³/mol. The fourth-order valence-electron chi connectivity index (χ4n) is 1.19. The number of aliphatic hydroxyl groups excluding tert-OH is 1. The van der Waals surface area contributed by atoms with E-state index in [1.165, 1.54) is 13.2 Å². The molecule has 0 rings (SSSR count). The molecule has 1 N–H and O–H groups in total. The van der Waals surface area contributed by atoms with E-state index in [0.717, 1.165) is 32.4 Å². The predicted octanol–water partition coefficient (Wildman–Crippen LogP) is 2.45. The van der Waals surface area contributed by atoms with Gasteiger partial charge in [0.15, 0.2) is 0 Å². The van der Waals surface area contributed by atoms with Crippen LogP contribution in [0, 0.1) is 0 Å². The maximum absolute atomic E-state index is 11.4. The minimum Gasteiger partial charge on any atom is -0.507 e. The summed E-state index contributed by atoms with van der Waals surface area (Å²) in [6, 6.07) is 0. The van der Waals surface area contributed by atoms with E-state index in [1.54, 1.807) is 6.08 Å². The van der Waals surface area contributed by atoms with E-state index in [0.29, 0.717) is 0 Å². The molecule has 5 nitrogen and oxygen atoms in total. The average Bonchev–Trinajstić information content (AvgIpc) is 2.43. The number of rotatable bonds is 7. The lowest BCUT2D eigenvalue weighted by atomic mass is 10.2. The molecule has 0 aromatic heterocycles. The van der Waals surface area contributed by atoms with Crippen LogP contribution in [-0.2, 0) is 19.1 Å². The van der Waals surface area contributed by atoms with Gasteiger partial charge in [0, 0.05) is 6.08 Å². The van der Waals surface area contributed by atoms with Crippen LogP contribution in [-0.4, -0.2) is 31.3 Å². The maximum Gasteiger partial charge on any atom is 0.341 e. The molecule has 0 spiro atoms. The van der Waals surface area contributed by atoms with Gasteiger partial charge in [0.2, 0.25) is 0 Å². The third-order valence-corrected chi connectivity index (χ3v) is 2.26. The highest BCUT2D eigenvalue weighted by atomic mass is 16.5. The van der Waals surface area contributed by atoms with E-state index in [9.17, 15) is 14.7 Å². The molecular formula is C14H20O5. The van der Waals surface area contributed by atoms with Crippen molar-refractivity contribution >= 4 is 11.9 Å². The van der Waals surface area contributed by atoms with Gasteiger partial charge in [-0.05, 0) is 12.5 Å². The lowest BCUT2D eigenvalue weighted by molar-refractivity contribution is -0.138. The zero-order valence-corrected chi connectivity index (χ0v) is 11.5. The van der Waals surface area contributed by atoms with E-state index >= 15 is 0 Å². The van der Waals surface area contributed by atoms with Crippen molar-refractivity contribution in [2.75, 3.05) is 14.2 Å².